The van der Waals surface area contributed by atoms with E-state index in [-0.39, 0.29) is 25.4 Å². The molecule has 2 atom stereocenters. The molecule has 1 aliphatic heterocycles. The molecule has 0 aromatic rings. The standard InChI is InChI=1S/C6H10O3/c7-3-5-1-2-6(4-8)9-5/h1-2,5-8H,3-4H2. The highest BCUT2D eigenvalue weighted by molar-refractivity contribution is 5.01. The average Bonchev–Trinajstić information content (AvgIpc) is 2.34. The van der Waals surface area contributed by atoms with Crippen LogP contribution >= 0.6 is 0 Å². The van der Waals surface area contributed by atoms with Gasteiger partial charge >= 0.3 is 0 Å². The molecule has 2 unspecified atom stereocenters. The van der Waals surface area contributed by atoms with Crippen molar-refractivity contribution in [2.75, 3.05) is 13.2 Å². The zero-order valence-corrected chi connectivity index (χ0v) is 5.03. The first-order valence-corrected chi connectivity index (χ1v) is 2.92. The molecule has 0 radical (unpaired) electrons. The van der Waals surface area contributed by atoms with Crippen molar-refractivity contribution < 1.29 is 14.9 Å². The lowest BCUT2D eigenvalue weighted by atomic mass is 10.3. The summed E-state index contributed by atoms with van der Waals surface area (Å²) in [5.74, 6) is 0. The van der Waals surface area contributed by atoms with E-state index in [0.717, 1.165) is 0 Å². The number of rotatable bonds is 2. The normalized spacial score (nSPS) is 33.6. The van der Waals surface area contributed by atoms with Gasteiger partial charge in [0, 0.05) is 0 Å². The molecule has 3 nitrogen and oxygen atoms in total. The van der Waals surface area contributed by atoms with Crippen LogP contribution in [-0.4, -0.2) is 35.6 Å². The van der Waals surface area contributed by atoms with Crippen LogP contribution in [0.5, 0.6) is 0 Å². The molecule has 0 amide bonds. The molecule has 0 aromatic heterocycles. The molecule has 1 aliphatic rings. The smallest absolute Gasteiger partial charge is 0.0996 e. The Morgan fingerprint density at radius 1 is 1.11 bits per heavy atom. The predicted molar refractivity (Wildman–Crippen MR) is 32.0 cm³/mol. The van der Waals surface area contributed by atoms with Crippen molar-refractivity contribution >= 4 is 0 Å². The Morgan fingerprint density at radius 3 is 1.78 bits per heavy atom. The zero-order chi connectivity index (χ0) is 6.69. The third kappa shape index (κ3) is 1.51. The summed E-state index contributed by atoms with van der Waals surface area (Å²) < 4.78 is 5.05. The van der Waals surface area contributed by atoms with Gasteiger partial charge in [0.05, 0.1) is 25.4 Å². The molecule has 0 aromatic carbocycles. The quantitative estimate of drug-likeness (QED) is 0.486. The van der Waals surface area contributed by atoms with Gasteiger partial charge < -0.3 is 14.9 Å². The van der Waals surface area contributed by atoms with Crippen molar-refractivity contribution in [3.8, 4) is 0 Å². The molecule has 52 valence electrons. The molecular formula is C6H10O3. The fourth-order valence-corrected chi connectivity index (χ4v) is 0.771. The Hall–Kier alpha value is -0.380. The molecule has 0 aliphatic carbocycles. The van der Waals surface area contributed by atoms with Crippen LogP contribution in [0.3, 0.4) is 0 Å². The highest BCUT2D eigenvalue weighted by atomic mass is 16.5. The minimum atomic E-state index is -0.206. The molecule has 0 saturated carbocycles. The largest absolute Gasteiger partial charge is 0.393 e. The van der Waals surface area contributed by atoms with Crippen LogP contribution in [0.25, 0.3) is 0 Å². The molecule has 2 N–H and O–H groups in total. The van der Waals surface area contributed by atoms with Crippen molar-refractivity contribution in [2.24, 2.45) is 0 Å². The lowest BCUT2D eigenvalue weighted by Crippen LogP contribution is -2.18. The molecule has 1 heterocycles. The SMILES string of the molecule is OCC1C=CC(CO)O1. The van der Waals surface area contributed by atoms with Crippen LogP contribution < -0.4 is 0 Å². The molecule has 0 fully saturated rings. The lowest BCUT2D eigenvalue weighted by molar-refractivity contribution is 0.000954. The second-order valence-corrected chi connectivity index (χ2v) is 1.96. The highest BCUT2D eigenvalue weighted by Gasteiger charge is 2.16. The minimum absolute atomic E-state index is 0.00694. The third-order valence-corrected chi connectivity index (χ3v) is 1.25. The summed E-state index contributed by atoms with van der Waals surface area (Å²) >= 11 is 0. The van der Waals surface area contributed by atoms with E-state index in [1.54, 1.807) is 12.2 Å². The Morgan fingerprint density at radius 2 is 1.56 bits per heavy atom. The molecule has 1 rings (SSSR count). The van der Waals surface area contributed by atoms with E-state index in [4.69, 9.17) is 14.9 Å². The van der Waals surface area contributed by atoms with Gasteiger partial charge in [-0.3, -0.25) is 0 Å². The Balaban J connectivity index is 2.31. The maximum atomic E-state index is 8.52. The van der Waals surface area contributed by atoms with Gasteiger partial charge in [0.2, 0.25) is 0 Å². The van der Waals surface area contributed by atoms with Crippen LogP contribution in [-0.2, 0) is 4.74 Å². The summed E-state index contributed by atoms with van der Waals surface area (Å²) in [6.07, 6.45) is 3.09. The summed E-state index contributed by atoms with van der Waals surface area (Å²) in [4.78, 5) is 0. The number of aliphatic hydroxyl groups excluding tert-OH is 2. The van der Waals surface area contributed by atoms with Crippen molar-refractivity contribution in [1.29, 1.82) is 0 Å². The lowest BCUT2D eigenvalue weighted by Gasteiger charge is -2.08. The second kappa shape index (κ2) is 2.96. The van der Waals surface area contributed by atoms with Gasteiger partial charge in [-0.1, -0.05) is 12.2 Å². The van der Waals surface area contributed by atoms with Crippen molar-refractivity contribution in [3.63, 3.8) is 0 Å². The first kappa shape index (κ1) is 6.74. The maximum absolute atomic E-state index is 8.52. The molecular weight excluding hydrogens is 120 g/mol. The van der Waals surface area contributed by atoms with Crippen LogP contribution in [0.2, 0.25) is 0 Å². The number of hydrogen-bond acceptors (Lipinski definition) is 3. The summed E-state index contributed by atoms with van der Waals surface area (Å²) in [6.45, 7) is -0.0139. The van der Waals surface area contributed by atoms with Gasteiger partial charge in [0.1, 0.15) is 0 Å². The molecule has 3 heteroatoms. The van der Waals surface area contributed by atoms with Gasteiger partial charge in [0.15, 0.2) is 0 Å². The topological polar surface area (TPSA) is 49.7 Å². The third-order valence-electron chi connectivity index (χ3n) is 1.25. The van der Waals surface area contributed by atoms with Gasteiger partial charge in [-0.05, 0) is 0 Å². The predicted octanol–water partition coefficient (Wildman–Crippen LogP) is -0.705. The first-order valence-electron chi connectivity index (χ1n) is 2.92. The van der Waals surface area contributed by atoms with E-state index in [0.29, 0.717) is 0 Å². The van der Waals surface area contributed by atoms with Crippen LogP contribution in [0.15, 0.2) is 12.2 Å². The van der Waals surface area contributed by atoms with Gasteiger partial charge in [-0.15, -0.1) is 0 Å². The van der Waals surface area contributed by atoms with Crippen molar-refractivity contribution in [1.82, 2.24) is 0 Å². The summed E-state index contributed by atoms with van der Waals surface area (Å²) in [5, 5.41) is 17.0. The van der Waals surface area contributed by atoms with Gasteiger partial charge in [-0.2, -0.15) is 0 Å². The maximum Gasteiger partial charge on any atom is 0.0996 e. The molecule has 0 saturated heterocycles. The van der Waals surface area contributed by atoms with E-state index < -0.39 is 0 Å². The fraction of sp³-hybridized carbons (Fsp3) is 0.667. The summed E-state index contributed by atoms with van der Waals surface area (Å²) in [7, 11) is 0. The monoisotopic (exact) mass is 130 g/mol. The summed E-state index contributed by atoms with van der Waals surface area (Å²) in [5.41, 5.74) is 0. The molecule has 0 spiro atoms. The van der Waals surface area contributed by atoms with Gasteiger partial charge in [-0.25, -0.2) is 0 Å². The highest BCUT2D eigenvalue weighted by Crippen LogP contribution is 2.09. The molecule has 0 bridgehead atoms. The van der Waals surface area contributed by atoms with Crippen molar-refractivity contribution in [3.05, 3.63) is 12.2 Å². The zero-order valence-electron chi connectivity index (χ0n) is 5.03. The number of aliphatic hydroxyl groups is 2. The van der Waals surface area contributed by atoms with E-state index >= 15 is 0 Å². The Labute approximate surface area is 53.6 Å². The van der Waals surface area contributed by atoms with Crippen molar-refractivity contribution in [2.45, 2.75) is 12.2 Å². The average molecular weight is 130 g/mol. The Kier molecular flexibility index (Phi) is 2.22. The van der Waals surface area contributed by atoms with E-state index in [1.807, 2.05) is 0 Å². The van der Waals surface area contributed by atoms with E-state index in [1.165, 1.54) is 0 Å². The Bertz CT molecular complexity index is 98.9. The number of ether oxygens (including phenoxy) is 1. The first-order chi connectivity index (χ1) is 4.36. The second-order valence-electron chi connectivity index (χ2n) is 1.96. The fourth-order valence-electron chi connectivity index (χ4n) is 0.771. The van der Waals surface area contributed by atoms with Crippen LogP contribution in [0, 0.1) is 0 Å². The van der Waals surface area contributed by atoms with E-state index in [2.05, 4.69) is 0 Å². The van der Waals surface area contributed by atoms with Gasteiger partial charge in [0.25, 0.3) is 0 Å². The van der Waals surface area contributed by atoms with E-state index in [9.17, 15) is 0 Å². The minimum Gasteiger partial charge on any atom is -0.393 e. The van der Waals surface area contributed by atoms with Crippen LogP contribution in [0.4, 0.5) is 0 Å². The summed E-state index contributed by atoms with van der Waals surface area (Å²) in [6, 6.07) is 0. The molecule has 9 heavy (non-hydrogen) atoms. The number of hydrogen-bond donors (Lipinski definition) is 2. The van der Waals surface area contributed by atoms with Crippen LogP contribution in [0.1, 0.15) is 0 Å².